The van der Waals surface area contributed by atoms with Gasteiger partial charge in [0.1, 0.15) is 5.69 Å². The third kappa shape index (κ3) is 3.43. The predicted octanol–water partition coefficient (Wildman–Crippen LogP) is 1.94. The lowest BCUT2D eigenvalue weighted by Crippen LogP contribution is -2.36. The Bertz CT molecular complexity index is 480. The first-order valence-corrected chi connectivity index (χ1v) is 7.38. The van der Waals surface area contributed by atoms with Crippen LogP contribution in [0.25, 0.3) is 0 Å². The van der Waals surface area contributed by atoms with Crippen molar-refractivity contribution in [1.82, 2.24) is 15.2 Å². The van der Waals surface area contributed by atoms with Gasteiger partial charge in [-0.05, 0) is 44.5 Å². The van der Waals surface area contributed by atoms with Crippen LogP contribution in [-0.4, -0.2) is 29.6 Å². The molecule has 1 amide bonds. The molecule has 1 saturated heterocycles. The van der Waals surface area contributed by atoms with E-state index in [-0.39, 0.29) is 11.9 Å². The van der Waals surface area contributed by atoms with E-state index in [1.165, 1.54) is 0 Å². The Morgan fingerprint density at radius 2 is 2.35 bits per heavy atom. The number of terminal acetylenes is 1. The predicted molar refractivity (Wildman–Crippen MR) is 80.6 cm³/mol. The Hall–Kier alpha value is -1.73. The minimum Gasteiger partial charge on any atom is -0.347 e. The summed E-state index contributed by atoms with van der Waals surface area (Å²) >= 11 is 0. The number of nitrogens with one attached hydrogen (secondary N) is 2. The zero-order chi connectivity index (χ0) is 14.4. The smallest absolute Gasteiger partial charge is 0.268 e. The van der Waals surface area contributed by atoms with E-state index in [2.05, 4.69) is 21.1 Å². The van der Waals surface area contributed by atoms with Crippen molar-refractivity contribution in [3.63, 3.8) is 0 Å². The maximum atomic E-state index is 12.4. The van der Waals surface area contributed by atoms with Crippen LogP contribution < -0.4 is 10.6 Å². The number of piperidine rings is 1. The number of rotatable bonds is 5. The molecule has 4 heteroatoms. The highest BCUT2D eigenvalue weighted by atomic mass is 16.2. The fraction of sp³-hybridized carbons (Fsp3) is 0.562. The first kappa shape index (κ1) is 14.7. The van der Waals surface area contributed by atoms with E-state index in [1.807, 2.05) is 25.3 Å². The molecule has 20 heavy (non-hydrogen) atoms. The largest absolute Gasteiger partial charge is 0.347 e. The number of carbonyl (C=O) groups excluding carboxylic acids is 1. The van der Waals surface area contributed by atoms with Crippen molar-refractivity contribution in [3.05, 3.63) is 24.0 Å². The molecule has 1 aliphatic heterocycles. The molecule has 1 unspecified atom stereocenters. The average Bonchev–Trinajstić information content (AvgIpc) is 2.97. The van der Waals surface area contributed by atoms with Gasteiger partial charge in [0.15, 0.2) is 0 Å². The van der Waals surface area contributed by atoms with Crippen LogP contribution >= 0.6 is 0 Å². The summed E-state index contributed by atoms with van der Waals surface area (Å²) in [6.45, 7) is 4.06. The van der Waals surface area contributed by atoms with Gasteiger partial charge in [0.25, 0.3) is 5.91 Å². The number of hydrogen-bond donors (Lipinski definition) is 2. The zero-order valence-corrected chi connectivity index (χ0v) is 12.1. The third-order valence-electron chi connectivity index (χ3n) is 3.91. The lowest BCUT2D eigenvalue weighted by molar-refractivity contribution is 0.0923. The maximum absolute atomic E-state index is 12.4. The molecule has 1 aliphatic rings. The molecular weight excluding hydrogens is 250 g/mol. The number of aromatic nitrogens is 1. The molecular formula is C16H23N3O. The van der Waals surface area contributed by atoms with Gasteiger partial charge in [-0.15, -0.1) is 12.3 Å². The Balaban J connectivity index is 2.06. The van der Waals surface area contributed by atoms with Crippen molar-refractivity contribution in [2.75, 3.05) is 13.1 Å². The van der Waals surface area contributed by atoms with Gasteiger partial charge in [-0.25, -0.2) is 0 Å². The van der Waals surface area contributed by atoms with E-state index in [1.54, 1.807) is 0 Å². The molecule has 1 aromatic heterocycles. The van der Waals surface area contributed by atoms with Crippen LogP contribution in [0.1, 0.15) is 49.1 Å². The number of nitrogens with zero attached hydrogens (tertiary/aromatic N) is 1. The van der Waals surface area contributed by atoms with Crippen LogP contribution in [0.2, 0.25) is 0 Å². The van der Waals surface area contributed by atoms with Crippen LogP contribution in [0.15, 0.2) is 18.3 Å². The van der Waals surface area contributed by atoms with Gasteiger partial charge in [0.2, 0.25) is 0 Å². The van der Waals surface area contributed by atoms with Gasteiger partial charge in [-0.3, -0.25) is 4.79 Å². The van der Waals surface area contributed by atoms with E-state index in [0.717, 1.165) is 38.0 Å². The molecule has 0 radical (unpaired) electrons. The topological polar surface area (TPSA) is 46.1 Å². The summed E-state index contributed by atoms with van der Waals surface area (Å²) in [6.07, 6.45) is 10.9. The molecule has 1 aromatic rings. The van der Waals surface area contributed by atoms with Gasteiger partial charge in [-0.2, -0.15) is 0 Å². The van der Waals surface area contributed by atoms with Crippen molar-refractivity contribution < 1.29 is 4.79 Å². The highest BCUT2D eigenvalue weighted by Crippen LogP contribution is 2.21. The van der Waals surface area contributed by atoms with Crippen LogP contribution in [0.3, 0.4) is 0 Å². The molecule has 4 nitrogen and oxygen atoms in total. The zero-order valence-electron chi connectivity index (χ0n) is 12.1. The Labute approximate surface area is 120 Å². The lowest BCUT2D eigenvalue weighted by atomic mass is 10.1. The van der Waals surface area contributed by atoms with Crippen molar-refractivity contribution in [2.24, 2.45) is 0 Å². The number of carbonyl (C=O) groups is 1. The van der Waals surface area contributed by atoms with Crippen molar-refractivity contribution in [1.29, 1.82) is 0 Å². The van der Waals surface area contributed by atoms with Crippen molar-refractivity contribution in [3.8, 4) is 12.3 Å². The summed E-state index contributed by atoms with van der Waals surface area (Å²) in [7, 11) is 0. The summed E-state index contributed by atoms with van der Waals surface area (Å²) in [4.78, 5) is 12.4. The highest BCUT2D eigenvalue weighted by Gasteiger charge is 2.20. The van der Waals surface area contributed by atoms with Crippen LogP contribution in [0, 0.1) is 12.3 Å². The first-order valence-electron chi connectivity index (χ1n) is 7.38. The van der Waals surface area contributed by atoms with Crippen LogP contribution in [0.4, 0.5) is 0 Å². The molecule has 108 valence electrons. The fourth-order valence-electron chi connectivity index (χ4n) is 2.69. The molecule has 1 fully saturated rings. The normalized spacial score (nSPS) is 17.4. The molecule has 0 aromatic carbocycles. The second-order valence-electron chi connectivity index (χ2n) is 5.27. The molecule has 1 atom stereocenters. The maximum Gasteiger partial charge on any atom is 0.268 e. The Morgan fingerprint density at radius 3 is 3.00 bits per heavy atom. The lowest BCUT2D eigenvalue weighted by Gasteiger charge is -2.26. The SMILES string of the molecule is C#CCC(CC)NC(=O)c1cccn1C1CCNCC1. The van der Waals surface area contributed by atoms with E-state index in [4.69, 9.17) is 6.42 Å². The first-order chi connectivity index (χ1) is 9.76. The molecule has 0 spiro atoms. The summed E-state index contributed by atoms with van der Waals surface area (Å²) in [5, 5.41) is 6.38. The van der Waals surface area contributed by atoms with Crippen molar-refractivity contribution >= 4 is 5.91 Å². The monoisotopic (exact) mass is 273 g/mol. The second-order valence-corrected chi connectivity index (χ2v) is 5.27. The van der Waals surface area contributed by atoms with Gasteiger partial charge in [0.05, 0.1) is 0 Å². The molecule has 2 heterocycles. The Morgan fingerprint density at radius 1 is 1.60 bits per heavy atom. The van der Waals surface area contributed by atoms with Gasteiger partial charge in [0, 0.05) is 24.7 Å². The van der Waals surface area contributed by atoms with E-state index < -0.39 is 0 Å². The summed E-state index contributed by atoms with van der Waals surface area (Å²) in [5.41, 5.74) is 0.743. The third-order valence-corrected chi connectivity index (χ3v) is 3.91. The van der Waals surface area contributed by atoms with Gasteiger partial charge < -0.3 is 15.2 Å². The summed E-state index contributed by atoms with van der Waals surface area (Å²) in [5.74, 6) is 2.60. The highest BCUT2D eigenvalue weighted by molar-refractivity contribution is 5.93. The van der Waals surface area contributed by atoms with Crippen LogP contribution in [-0.2, 0) is 0 Å². The van der Waals surface area contributed by atoms with E-state index in [9.17, 15) is 4.79 Å². The number of hydrogen-bond acceptors (Lipinski definition) is 2. The molecule has 0 bridgehead atoms. The standard InChI is InChI=1S/C16H23N3O/c1-3-6-13(4-2)18-16(20)15-7-5-12-19(15)14-8-10-17-11-9-14/h1,5,7,12-14,17H,4,6,8-11H2,2H3,(H,18,20). The minimum absolute atomic E-state index is 0.0179. The second kappa shape index (κ2) is 7.16. The minimum atomic E-state index is -0.0179. The molecule has 0 saturated carbocycles. The average molecular weight is 273 g/mol. The van der Waals surface area contributed by atoms with E-state index in [0.29, 0.717) is 12.5 Å². The van der Waals surface area contributed by atoms with Crippen molar-refractivity contribution in [2.45, 2.75) is 44.7 Å². The molecule has 2 N–H and O–H groups in total. The Kier molecular flexibility index (Phi) is 5.25. The van der Waals surface area contributed by atoms with E-state index >= 15 is 0 Å². The molecule has 0 aliphatic carbocycles. The summed E-state index contributed by atoms with van der Waals surface area (Å²) in [6, 6.07) is 4.31. The summed E-state index contributed by atoms with van der Waals surface area (Å²) < 4.78 is 2.11. The number of amides is 1. The van der Waals surface area contributed by atoms with Gasteiger partial charge >= 0.3 is 0 Å². The quantitative estimate of drug-likeness (QED) is 0.805. The fourth-order valence-corrected chi connectivity index (χ4v) is 2.69. The molecule has 2 rings (SSSR count). The van der Waals surface area contributed by atoms with Crippen LogP contribution in [0.5, 0.6) is 0 Å². The van der Waals surface area contributed by atoms with Gasteiger partial charge in [-0.1, -0.05) is 6.92 Å².